The van der Waals surface area contributed by atoms with E-state index in [1.54, 1.807) is 12.4 Å². The van der Waals surface area contributed by atoms with Crippen molar-refractivity contribution >= 4 is 39.8 Å². The Hall–Kier alpha value is -1.66. The lowest BCUT2D eigenvalue weighted by atomic mass is 10.2. The molecule has 0 saturated heterocycles. The Morgan fingerprint density at radius 2 is 2.10 bits per heavy atom. The van der Waals surface area contributed by atoms with Crippen LogP contribution in [0.3, 0.4) is 0 Å². The molecular formula is C14H12BrN3OS. The van der Waals surface area contributed by atoms with E-state index in [2.05, 4.69) is 31.4 Å². The zero-order valence-electron chi connectivity index (χ0n) is 10.5. The van der Waals surface area contributed by atoms with Gasteiger partial charge in [-0.05, 0) is 29.8 Å². The minimum Gasteiger partial charge on any atom is -0.272 e. The smallest absolute Gasteiger partial charge is 0.250 e. The minimum absolute atomic E-state index is 0.158. The highest BCUT2D eigenvalue weighted by atomic mass is 79.9. The van der Waals surface area contributed by atoms with E-state index in [0.29, 0.717) is 0 Å². The van der Waals surface area contributed by atoms with E-state index in [-0.39, 0.29) is 11.7 Å². The Kier molecular flexibility index (Phi) is 5.76. The topological polar surface area (TPSA) is 54.4 Å². The number of carbonyl (C=O) groups excluding carboxylic acids is 1. The third-order valence-corrected chi connectivity index (χ3v) is 3.73. The fraction of sp³-hybridized carbons (Fsp3) is 0.0714. The monoisotopic (exact) mass is 349 g/mol. The van der Waals surface area contributed by atoms with Crippen LogP contribution in [0.15, 0.2) is 63.3 Å². The fourth-order valence-electron chi connectivity index (χ4n) is 1.33. The molecule has 0 spiro atoms. The maximum absolute atomic E-state index is 11.6. The molecule has 0 saturated carbocycles. The van der Waals surface area contributed by atoms with Gasteiger partial charge in [-0.25, -0.2) is 10.4 Å². The first kappa shape index (κ1) is 14.7. The third kappa shape index (κ3) is 5.14. The Morgan fingerprint density at radius 3 is 2.80 bits per heavy atom. The third-order valence-electron chi connectivity index (χ3n) is 2.26. The molecule has 0 radical (unpaired) electrons. The summed E-state index contributed by atoms with van der Waals surface area (Å²) in [5.74, 6) is 0.128. The zero-order chi connectivity index (χ0) is 14.2. The summed E-state index contributed by atoms with van der Waals surface area (Å²) < 4.78 is 1.01. The first-order chi connectivity index (χ1) is 9.74. The van der Waals surface area contributed by atoms with Crippen molar-refractivity contribution in [3.05, 3.63) is 58.7 Å². The van der Waals surface area contributed by atoms with E-state index in [4.69, 9.17) is 0 Å². The van der Waals surface area contributed by atoms with E-state index in [1.165, 1.54) is 11.8 Å². The molecule has 0 unspecified atom stereocenters. The molecule has 20 heavy (non-hydrogen) atoms. The van der Waals surface area contributed by atoms with Gasteiger partial charge in [-0.1, -0.05) is 45.9 Å². The Morgan fingerprint density at radius 1 is 1.30 bits per heavy atom. The van der Waals surface area contributed by atoms with Crippen molar-refractivity contribution in [3.63, 3.8) is 0 Å². The average Bonchev–Trinajstić information content (AvgIpc) is 2.48. The molecule has 0 aliphatic heterocycles. The highest BCUT2D eigenvalue weighted by Gasteiger charge is 2.01. The lowest BCUT2D eigenvalue weighted by molar-refractivity contribution is -0.118. The molecule has 0 bridgehead atoms. The van der Waals surface area contributed by atoms with Gasteiger partial charge in [-0.2, -0.15) is 5.10 Å². The normalized spacial score (nSPS) is 10.7. The fourth-order valence-corrected chi connectivity index (χ4v) is 2.25. The molecule has 2 rings (SSSR count). The maximum Gasteiger partial charge on any atom is 0.250 e. The molecule has 0 aliphatic rings. The molecule has 0 atom stereocenters. The molecule has 1 amide bonds. The number of hydrogen-bond acceptors (Lipinski definition) is 4. The number of hydrogen-bond donors (Lipinski definition) is 1. The van der Waals surface area contributed by atoms with Crippen LogP contribution in [0.2, 0.25) is 0 Å². The highest BCUT2D eigenvalue weighted by Crippen LogP contribution is 2.13. The average molecular weight is 350 g/mol. The highest BCUT2D eigenvalue weighted by molar-refractivity contribution is 9.10. The number of hydrazone groups is 1. The van der Waals surface area contributed by atoms with Gasteiger partial charge < -0.3 is 0 Å². The number of carbonyl (C=O) groups is 1. The van der Waals surface area contributed by atoms with Crippen molar-refractivity contribution in [1.29, 1.82) is 0 Å². The predicted molar refractivity (Wildman–Crippen MR) is 84.8 cm³/mol. The summed E-state index contributed by atoms with van der Waals surface area (Å²) >= 11 is 4.73. The molecule has 6 heteroatoms. The van der Waals surface area contributed by atoms with E-state index < -0.39 is 0 Å². The number of amides is 1. The molecule has 1 heterocycles. The Labute approximate surface area is 129 Å². The molecule has 1 N–H and O–H groups in total. The van der Waals surface area contributed by atoms with E-state index in [1.807, 2.05) is 42.5 Å². The lowest BCUT2D eigenvalue weighted by Crippen LogP contribution is -2.19. The van der Waals surface area contributed by atoms with Crippen molar-refractivity contribution in [3.8, 4) is 0 Å². The first-order valence-electron chi connectivity index (χ1n) is 5.85. The molecule has 2 aromatic rings. The number of rotatable bonds is 5. The summed E-state index contributed by atoms with van der Waals surface area (Å²) in [7, 11) is 0. The minimum atomic E-state index is -0.158. The molecule has 0 aliphatic carbocycles. The number of pyridine rings is 1. The summed E-state index contributed by atoms with van der Waals surface area (Å²) in [6.07, 6.45) is 3.31. The van der Waals surface area contributed by atoms with Crippen molar-refractivity contribution in [2.75, 3.05) is 5.75 Å². The summed E-state index contributed by atoms with van der Waals surface area (Å²) in [6.45, 7) is 0. The molecule has 102 valence electrons. The lowest BCUT2D eigenvalue weighted by Gasteiger charge is -1.99. The quantitative estimate of drug-likeness (QED) is 0.512. The van der Waals surface area contributed by atoms with Crippen LogP contribution in [0.25, 0.3) is 0 Å². The number of aromatic nitrogens is 1. The van der Waals surface area contributed by atoms with Gasteiger partial charge in [-0.3, -0.25) is 4.79 Å². The van der Waals surface area contributed by atoms with Crippen LogP contribution in [-0.4, -0.2) is 22.9 Å². The Bertz CT molecular complexity index is 587. The van der Waals surface area contributed by atoms with Crippen LogP contribution < -0.4 is 5.43 Å². The largest absolute Gasteiger partial charge is 0.272 e. The van der Waals surface area contributed by atoms with Crippen LogP contribution in [0, 0.1) is 0 Å². The van der Waals surface area contributed by atoms with Crippen LogP contribution >= 0.6 is 27.7 Å². The number of benzene rings is 1. The van der Waals surface area contributed by atoms with Gasteiger partial charge in [0.1, 0.15) is 0 Å². The molecule has 0 fully saturated rings. The first-order valence-corrected chi connectivity index (χ1v) is 7.63. The standard InChI is InChI=1S/C14H12BrN3OS/c15-12-6-4-11(5-7-12)9-17-18-13(19)10-20-14-3-1-2-8-16-14/h1-9H,10H2,(H,18,19). The maximum atomic E-state index is 11.6. The molecule has 4 nitrogen and oxygen atoms in total. The van der Waals surface area contributed by atoms with E-state index >= 15 is 0 Å². The summed E-state index contributed by atoms with van der Waals surface area (Å²) in [4.78, 5) is 15.7. The van der Waals surface area contributed by atoms with Crippen LogP contribution in [0.1, 0.15) is 5.56 Å². The number of nitrogens with zero attached hydrogens (tertiary/aromatic N) is 2. The van der Waals surface area contributed by atoms with Gasteiger partial charge in [0.25, 0.3) is 0 Å². The predicted octanol–water partition coefficient (Wildman–Crippen LogP) is 3.09. The second-order valence-corrected chi connectivity index (χ2v) is 5.71. The Balaban J connectivity index is 1.76. The van der Waals surface area contributed by atoms with Gasteiger partial charge in [0.2, 0.25) is 5.91 Å². The second-order valence-electron chi connectivity index (χ2n) is 3.80. The van der Waals surface area contributed by atoms with E-state index in [0.717, 1.165) is 15.1 Å². The SMILES string of the molecule is O=C(CSc1ccccn1)NN=Cc1ccc(Br)cc1. The summed E-state index contributed by atoms with van der Waals surface area (Å²) in [5, 5.41) is 4.73. The van der Waals surface area contributed by atoms with Crippen LogP contribution in [0.5, 0.6) is 0 Å². The van der Waals surface area contributed by atoms with Gasteiger partial charge >= 0.3 is 0 Å². The number of halogens is 1. The molecular weight excluding hydrogens is 338 g/mol. The molecule has 1 aromatic carbocycles. The van der Waals surface area contributed by atoms with Crippen LogP contribution in [0.4, 0.5) is 0 Å². The van der Waals surface area contributed by atoms with Gasteiger partial charge in [0, 0.05) is 10.7 Å². The van der Waals surface area contributed by atoms with Gasteiger partial charge in [0.05, 0.1) is 17.0 Å². The van der Waals surface area contributed by atoms with Gasteiger partial charge in [0.15, 0.2) is 0 Å². The van der Waals surface area contributed by atoms with Crippen molar-refractivity contribution in [2.45, 2.75) is 5.03 Å². The summed E-state index contributed by atoms with van der Waals surface area (Å²) in [6, 6.07) is 13.2. The van der Waals surface area contributed by atoms with Crippen molar-refractivity contribution in [2.24, 2.45) is 5.10 Å². The molecule has 1 aromatic heterocycles. The number of thioether (sulfide) groups is 1. The summed E-state index contributed by atoms with van der Waals surface area (Å²) in [5.41, 5.74) is 3.41. The second kappa shape index (κ2) is 7.81. The van der Waals surface area contributed by atoms with Crippen molar-refractivity contribution < 1.29 is 4.79 Å². The van der Waals surface area contributed by atoms with Crippen molar-refractivity contribution in [1.82, 2.24) is 10.4 Å². The zero-order valence-corrected chi connectivity index (χ0v) is 12.9. The van der Waals surface area contributed by atoms with Crippen LogP contribution in [-0.2, 0) is 4.79 Å². The van der Waals surface area contributed by atoms with Gasteiger partial charge in [-0.15, -0.1) is 0 Å². The number of nitrogens with one attached hydrogen (secondary N) is 1. The van der Waals surface area contributed by atoms with E-state index in [9.17, 15) is 4.79 Å².